The number of hydrogen-bond donors (Lipinski definition) is 1. The van der Waals surface area contributed by atoms with Crippen LogP contribution < -0.4 is 10.2 Å². The van der Waals surface area contributed by atoms with Crippen molar-refractivity contribution in [2.75, 3.05) is 19.7 Å². The first-order valence-electron chi connectivity index (χ1n) is 9.39. The number of likely N-dealkylation sites (tertiary alicyclic amines) is 1. The largest absolute Gasteiger partial charge is 0.488 e. The van der Waals surface area contributed by atoms with E-state index in [1.165, 1.54) is 12.3 Å². The molecule has 0 spiro atoms. The molecule has 0 radical (unpaired) electrons. The summed E-state index contributed by atoms with van der Waals surface area (Å²) in [7, 11) is -1.11. The SMILES string of the molecule is CCCOc1c[nH]c(CS(=O)C2CCN(C(=O)OC(C)(C)C)CC2)cc1=O. The number of nitrogens with one attached hydrogen (secondary N) is 1. The van der Waals surface area contributed by atoms with Crippen LogP contribution in [0, 0.1) is 0 Å². The molecule has 1 amide bonds. The molecule has 1 unspecified atom stereocenters. The molecule has 1 aliphatic rings. The summed E-state index contributed by atoms with van der Waals surface area (Å²) in [5.74, 6) is 0.581. The molecule has 8 heteroatoms. The van der Waals surface area contributed by atoms with Crippen LogP contribution in [-0.2, 0) is 21.3 Å². The molecule has 1 aliphatic heterocycles. The van der Waals surface area contributed by atoms with E-state index in [1.54, 1.807) is 4.90 Å². The Labute approximate surface area is 162 Å². The standard InChI is InChI=1S/C19H30N2O5S/c1-5-10-25-17-12-20-14(11-16(17)22)13-27(24)15-6-8-21(9-7-15)18(23)26-19(2,3)4/h11-12,15H,5-10,13H2,1-4H3,(H,20,22). The van der Waals surface area contributed by atoms with E-state index in [-0.39, 0.29) is 22.5 Å². The first kappa shape index (κ1) is 21.5. The summed E-state index contributed by atoms with van der Waals surface area (Å²) < 4.78 is 23.4. The van der Waals surface area contributed by atoms with Crippen molar-refractivity contribution in [1.82, 2.24) is 9.88 Å². The number of hydrogen-bond acceptors (Lipinski definition) is 5. The number of rotatable bonds is 6. The fourth-order valence-electron chi connectivity index (χ4n) is 2.81. The summed E-state index contributed by atoms with van der Waals surface area (Å²) in [4.78, 5) is 28.8. The van der Waals surface area contributed by atoms with E-state index in [0.29, 0.717) is 44.0 Å². The third-order valence-electron chi connectivity index (χ3n) is 4.16. The molecule has 1 N–H and O–H groups in total. The van der Waals surface area contributed by atoms with E-state index < -0.39 is 16.4 Å². The Morgan fingerprint density at radius 2 is 2.00 bits per heavy atom. The quantitative estimate of drug-likeness (QED) is 0.796. The van der Waals surface area contributed by atoms with Gasteiger partial charge in [0, 0.05) is 47.1 Å². The average Bonchev–Trinajstić information content (AvgIpc) is 2.59. The van der Waals surface area contributed by atoms with Crippen molar-refractivity contribution in [3.63, 3.8) is 0 Å². The Morgan fingerprint density at radius 3 is 2.56 bits per heavy atom. The van der Waals surface area contributed by atoms with Crippen LogP contribution in [0.15, 0.2) is 17.1 Å². The zero-order chi connectivity index (χ0) is 20.0. The zero-order valence-electron chi connectivity index (χ0n) is 16.6. The number of carbonyl (C=O) groups is 1. The molecule has 0 aliphatic carbocycles. The molecule has 1 aromatic rings. The minimum Gasteiger partial charge on any atom is -0.488 e. The van der Waals surface area contributed by atoms with Crippen molar-refractivity contribution in [3.05, 3.63) is 28.2 Å². The average molecular weight is 399 g/mol. The second-order valence-electron chi connectivity index (χ2n) is 7.73. The minimum atomic E-state index is -1.11. The van der Waals surface area contributed by atoms with Crippen LogP contribution in [0.2, 0.25) is 0 Å². The topological polar surface area (TPSA) is 88.7 Å². The highest BCUT2D eigenvalue weighted by Crippen LogP contribution is 2.20. The van der Waals surface area contributed by atoms with Crippen LogP contribution in [-0.4, -0.2) is 50.7 Å². The smallest absolute Gasteiger partial charge is 0.410 e. The summed E-state index contributed by atoms with van der Waals surface area (Å²) in [6.07, 6.45) is 3.36. The number of H-pyrrole nitrogens is 1. The van der Waals surface area contributed by atoms with Gasteiger partial charge >= 0.3 is 6.09 Å². The van der Waals surface area contributed by atoms with Crippen molar-refractivity contribution in [3.8, 4) is 5.75 Å². The van der Waals surface area contributed by atoms with E-state index in [1.807, 2.05) is 27.7 Å². The maximum atomic E-state index is 12.7. The van der Waals surface area contributed by atoms with Crippen molar-refractivity contribution in [1.29, 1.82) is 0 Å². The van der Waals surface area contributed by atoms with E-state index in [0.717, 1.165) is 6.42 Å². The number of amides is 1. The molecule has 1 atom stereocenters. The lowest BCUT2D eigenvalue weighted by Gasteiger charge is -2.33. The highest BCUT2D eigenvalue weighted by atomic mass is 32.2. The Balaban J connectivity index is 1.86. The summed E-state index contributed by atoms with van der Waals surface area (Å²) in [6.45, 7) is 9.05. The van der Waals surface area contributed by atoms with E-state index in [4.69, 9.17) is 9.47 Å². The first-order chi connectivity index (χ1) is 12.7. The number of ether oxygens (including phenoxy) is 2. The maximum absolute atomic E-state index is 12.7. The molecule has 1 aromatic heterocycles. The zero-order valence-corrected chi connectivity index (χ0v) is 17.4. The molecule has 152 valence electrons. The van der Waals surface area contributed by atoms with Crippen LogP contribution in [0.3, 0.4) is 0 Å². The van der Waals surface area contributed by atoms with E-state index in [9.17, 15) is 13.8 Å². The normalized spacial score (nSPS) is 16.8. The van der Waals surface area contributed by atoms with Crippen molar-refractivity contribution >= 4 is 16.9 Å². The van der Waals surface area contributed by atoms with Crippen LogP contribution in [0.1, 0.15) is 52.7 Å². The van der Waals surface area contributed by atoms with Gasteiger partial charge in [-0.25, -0.2) is 4.79 Å². The Morgan fingerprint density at radius 1 is 1.33 bits per heavy atom. The first-order valence-corrected chi connectivity index (χ1v) is 10.8. The van der Waals surface area contributed by atoms with Gasteiger partial charge < -0.3 is 19.4 Å². The highest BCUT2D eigenvalue weighted by molar-refractivity contribution is 7.84. The fourth-order valence-corrected chi connectivity index (χ4v) is 4.25. The number of nitrogens with zero attached hydrogens (tertiary/aromatic N) is 1. The van der Waals surface area contributed by atoms with Crippen molar-refractivity contribution in [2.45, 2.75) is 63.6 Å². The van der Waals surface area contributed by atoms with Crippen molar-refractivity contribution < 1.29 is 18.5 Å². The summed E-state index contributed by atoms with van der Waals surface area (Å²) in [5.41, 5.74) is -0.0824. The summed E-state index contributed by atoms with van der Waals surface area (Å²) >= 11 is 0. The lowest BCUT2D eigenvalue weighted by atomic mass is 10.1. The summed E-state index contributed by atoms with van der Waals surface area (Å²) in [5, 5.41) is 0.00297. The fraction of sp³-hybridized carbons (Fsp3) is 0.684. The van der Waals surface area contributed by atoms with Crippen LogP contribution >= 0.6 is 0 Å². The molecule has 1 saturated heterocycles. The van der Waals surface area contributed by atoms with Gasteiger partial charge in [0.25, 0.3) is 0 Å². The monoisotopic (exact) mass is 398 g/mol. The lowest BCUT2D eigenvalue weighted by molar-refractivity contribution is 0.0218. The van der Waals surface area contributed by atoms with Crippen LogP contribution in [0.4, 0.5) is 4.79 Å². The van der Waals surface area contributed by atoms with Gasteiger partial charge in [-0.05, 0) is 40.0 Å². The number of aromatic nitrogens is 1. The molecule has 0 saturated carbocycles. The predicted octanol–water partition coefficient (Wildman–Crippen LogP) is 2.81. The molecule has 1 fully saturated rings. The van der Waals surface area contributed by atoms with Gasteiger partial charge in [0.2, 0.25) is 5.43 Å². The Kier molecular flexibility index (Phi) is 7.47. The lowest BCUT2D eigenvalue weighted by Crippen LogP contribution is -2.43. The number of aromatic amines is 1. The Bertz CT molecular complexity index is 718. The van der Waals surface area contributed by atoms with Gasteiger partial charge in [0.05, 0.1) is 12.4 Å². The number of piperidine rings is 1. The van der Waals surface area contributed by atoms with Crippen LogP contribution in [0.25, 0.3) is 0 Å². The molecule has 27 heavy (non-hydrogen) atoms. The third-order valence-corrected chi connectivity index (χ3v) is 5.97. The molecule has 2 heterocycles. The van der Waals surface area contributed by atoms with Gasteiger partial charge in [-0.3, -0.25) is 9.00 Å². The molecular formula is C19H30N2O5S. The van der Waals surface area contributed by atoms with E-state index >= 15 is 0 Å². The minimum absolute atomic E-state index is 0.00297. The van der Waals surface area contributed by atoms with Gasteiger partial charge in [0.15, 0.2) is 5.75 Å². The van der Waals surface area contributed by atoms with Gasteiger partial charge in [-0.2, -0.15) is 0 Å². The molecule has 0 bridgehead atoms. The van der Waals surface area contributed by atoms with Gasteiger partial charge in [-0.1, -0.05) is 6.92 Å². The van der Waals surface area contributed by atoms with Crippen molar-refractivity contribution in [2.24, 2.45) is 0 Å². The second-order valence-corrected chi connectivity index (χ2v) is 9.44. The number of carbonyl (C=O) groups excluding carboxylic acids is 1. The van der Waals surface area contributed by atoms with E-state index in [2.05, 4.69) is 4.98 Å². The third kappa shape index (κ3) is 6.68. The predicted molar refractivity (Wildman–Crippen MR) is 106 cm³/mol. The van der Waals surface area contributed by atoms with Crippen LogP contribution in [0.5, 0.6) is 5.75 Å². The maximum Gasteiger partial charge on any atom is 0.410 e. The Hall–Kier alpha value is -1.83. The summed E-state index contributed by atoms with van der Waals surface area (Å²) in [6, 6.07) is 1.46. The second kappa shape index (κ2) is 9.39. The molecule has 2 rings (SSSR count). The molecule has 7 nitrogen and oxygen atoms in total. The number of pyridine rings is 1. The highest BCUT2D eigenvalue weighted by Gasteiger charge is 2.29. The molecule has 0 aromatic carbocycles. The van der Waals surface area contributed by atoms with Gasteiger partial charge in [0.1, 0.15) is 5.60 Å². The van der Waals surface area contributed by atoms with Gasteiger partial charge in [-0.15, -0.1) is 0 Å². The molecular weight excluding hydrogens is 368 g/mol.